The summed E-state index contributed by atoms with van der Waals surface area (Å²) in [6, 6.07) is 4.85. The molecule has 0 spiro atoms. The van der Waals surface area contributed by atoms with Gasteiger partial charge in [0.15, 0.2) is 11.5 Å². The highest BCUT2D eigenvalue weighted by atomic mass is 19.1. The van der Waals surface area contributed by atoms with E-state index >= 15 is 0 Å². The molecule has 1 amide bonds. The molecule has 0 bridgehead atoms. The first-order chi connectivity index (χ1) is 12.0. The molecule has 5 nitrogen and oxygen atoms in total. The number of aliphatic hydroxyl groups excluding tert-OH is 1. The van der Waals surface area contributed by atoms with Crippen LogP contribution in [0.25, 0.3) is 5.69 Å². The van der Waals surface area contributed by atoms with Gasteiger partial charge in [-0.15, -0.1) is 0 Å². The Labute approximate surface area is 144 Å². The van der Waals surface area contributed by atoms with Crippen LogP contribution in [-0.2, 0) is 0 Å². The lowest BCUT2D eigenvalue weighted by molar-refractivity contribution is 0.0568. The highest BCUT2D eigenvalue weighted by molar-refractivity contribution is 5.92. The van der Waals surface area contributed by atoms with E-state index in [9.17, 15) is 18.7 Å². The predicted octanol–water partition coefficient (Wildman–Crippen LogP) is 2.84. The van der Waals surface area contributed by atoms with Gasteiger partial charge in [0, 0.05) is 31.0 Å². The number of hydrogen-bond acceptors (Lipinski definition) is 3. The SMILES string of the molecule is Cc1cc(C(=O)N2CCCCC2CCO)nn1-c1ccc(F)cc1F. The number of amides is 1. The normalized spacial score (nSPS) is 17.8. The molecule has 0 aliphatic carbocycles. The smallest absolute Gasteiger partial charge is 0.274 e. The van der Waals surface area contributed by atoms with Gasteiger partial charge in [0.2, 0.25) is 0 Å². The minimum atomic E-state index is -0.735. The van der Waals surface area contributed by atoms with E-state index in [1.165, 1.54) is 10.7 Å². The van der Waals surface area contributed by atoms with Gasteiger partial charge in [0.1, 0.15) is 11.5 Å². The van der Waals surface area contributed by atoms with E-state index in [-0.39, 0.29) is 29.9 Å². The van der Waals surface area contributed by atoms with Crippen LogP contribution < -0.4 is 0 Å². The maximum atomic E-state index is 14.0. The molecule has 1 N–H and O–H groups in total. The maximum absolute atomic E-state index is 14.0. The van der Waals surface area contributed by atoms with Crippen molar-refractivity contribution in [3.05, 3.63) is 47.3 Å². The summed E-state index contributed by atoms with van der Waals surface area (Å²) >= 11 is 0. The van der Waals surface area contributed by atoms with Gasteiger partial charge in [-0.1, -0.05) is 0 Å². The Morgan fingerprint density at radius 1 is 1.32 bits per heavy atom. The molecule has 1 aliphatic rings. The lowest BCUT2D eigenvalue weighted by atomic mass is 9.99. The van der Waals surface area contributed by atoms with E-state index in [1.54, 1.807) is 17.9 Å². The second kappa shape index (κ2) is 7.31. The van der Waals surface area contributed by atoms with Crippen LogP contribution in [-0.4, -0.2) is 44.9 Å². The molecule has 1 saturated heterocycles. The first-order valence-electron chi connectivity index (χ1n) is 8.45. The van der Waals surface area contributed by atoms with E-state index in [1.807, 2.05) is 0 Å². The van der Waals surface area contributed by atoms with Crippen molar-refractivity contribution in [2.75, 3.05) is 13.2 Å². The van der Waals surface area contributed by atoms with E-state index in [4.69, 9.17) is 0 Å². The number of carbonyl (C=O) groups excluding carboxylic acids is 1. The Kier molecular flexibility index (Phi) is 5.13. The van der Waals surface area contributed by atoms with E-state index in [0.717, 1.165) is 31.4 Å². The molecule has 134 valence electrons. The summed E-state index contributed by atoms with van der Waals surface area (Å²) in [6.45, 7) is 2.37. The second-order valence-corrected chi connectivity index (χ2v) is 6.34. The highest BCUT2D eigenvalue weighted by Crippen LogP contribution is 2.23. The number of aromatic nitrogens is 2. The molecule has 3 rings (SSSR count). The van der Waals surface area contributed by atoms with Crippen LogP contribution >= 0.6 is 0 Å². The van der Waals surface area contributed by atoms with Crippen molar-refractivity contribution in [2.24, 2.45) is 0 Å². The van der Waals surface area contributed by atoms with Crippen molar-refractivity contribution in [1.82, 2.24) is 14.7 Å². The molecule has 1 unspecified atom stereocenters. The number of rotatable bonds is 4. The van der Waals surface area contributed by atoms with Crippen LogP contribution in [0.5, 0.6) is 0 Å². The van der Waals surface area contributed by atoms with Crippen LogP contribution in [0, 0.1) is 18.6 Å². The van der Waals surface area contributed by atoms with Crippen molar-refractivity contribution in [2.45, 2.75) is 38.6 Å². The van der Waals surface area contributed by atoms with Crippen molar-refractivity contribution in [3.8, 4) is 5.69 Å². The number of halogens is 2. The third-order valence-corrected chi connectivity index (χ3v) is 4.59. The molecule has 1 aromatic heterocycles. The Morgan fingerprint density at radius 3 is 2.84 bits per heavy atom. The minimum absolute atomic E-state index is 0.000682. The molecule has 2 heterocycles. The third kappa shape index (κ3) is 3.56. The van der Waals surface area contributed by atoms with Crippen molar-refractivity contribution >= 4 is 5.91 Å². The largest absolute Gasteiger partial charge is 0.396 e. The number of piperidine rings is 1. The van der Waals surface area contributed by atoms with E-state index in [0.29, 0.717) is 18.7 Å². The Morgan fingerprint density at radius 2 is 2.12 bits per heavy atom. The number of nitrogens with zero attached hydrogens (tertiary/aromatic N) is 3. The lowest BCUT2D eigenvalue weighted by Crippen LogP contribution is -2.44. The average Bonchev–Trinajstić information content (AvgIpc) is 2.97. The first-order valence-corrected chi connectivity index (χ1v) is 8.45. The Bertz CT molecular complexity index is 774. The second-order valence-electron chi connectivity index (χ2n) is 6.34. The van der Waals surface area contributed by atoms with E-state index in [2.05, 4.69) is 5.10 Å². The van der Waals surface area contributed by atoms with Gasteiger partial charge in [-0.05, 0) is 50.8 Å². The van der Waals surface area contributed by atoms with Crippen LogP contribution in [0.15, 0.2) is 24.3 Å². The van der Waals surface area contributed by atoms with Crippen LogP contribution in [0.2, 0.25) is 0 Å². The monoisotopic (exact) mass is 349 g/mol. The fraction of sp³-hybridized carbons (Fsp3) is 0.444. The molecule has 1 atom stereocenters. The number of aryl methyl sites for hydroxylation is 1. The number of likely N-dealkylation sites (tertiary alicyclic amines) is 1. The van der Waals surface area contributed by atoms with Crippen molar-refractivity contribution in [1.29, 1.82) is 0 Å². The van der Waals surface area contributed by atoms with Crippen LogP contribution in [0.4, 0.5) is 8.78 Å². The molecular formula is C18H21F2N3O2. The Hall–Kier alpha value is -2.28. The van der Waals surface area contributed by atoms with Gasteiger partial charge in [0.25, 0.3) is 5.91 Å². The number of aliphatic hydroxyl groups is 1. The minimum Gasteiger partial charge on any atom is -0.396 e. The quantitative estimate of drug-likeness (QED) is 0.923. The molecule has 1 aromatic carbocycles. The summed E-state index contributed by atoms with van der Waals surface area (Å²) < 4.78 is 28.4. The zero-order valence-electron chi connectivity index (χ0n) is 14.1. The molecular weight excluding hydrogens is 328 g/mol. The summed E-state index contributed by atoms with van der Waals surface area (Å²) in [4.78, 5) is 14.6. The summed E-state index contributed by atoms with van der Waals surface area (Å²) in [5.41, 5.74) is 0.916. The Balaban J connectivity index is 1.89. The summed E-state index contributed by atoms with van der Waals surface area (Å²) in [5.74, 6) is -1.62. The molecule has 2 aromatic rings. The van der Waals surface area contributed by atoms with Gasteiger partial charge < -0.3 is 10.0 Å². The first kappa shape index (κ1) is 17.5. The van der Waals surface area contributed by atoms with Gasteiger partial charge in [-0.3, -0.25) is 4.79 Å². The number of hydrogen-bond donors (Lipinski definition) is 1. The van der Waals surface area contributed by atoms with Gasteiger partial charge >= 0.3 is 0 Å². The molecule has 0 saturated carbocycles. The summed E-state index contributed by atoms with van der Waals surface area (Å²) in [7, 11) is 0. The zero-order chi connectivity index (χ0) is 18.0. The van der Waals surface area contributed by atoms with Gasteiger partial charge in [0.05, 0.1) is 0 Å². The maximum Gasteiger partial charge on any atom is 0.274 e. The predicted molar refractivity (Wildman–Crippen MR) is 88.6 cm³/mol. The van der Waals surface area contributed by atoms with Crippen LogP contribution in [0.1, 0.15) is 41.9 Å². The molecule has 7 heteroatoms. The topological polar surface area (TPSA) is 58.4 Å². The van der Waals surface area contributed by atoms with Gasteiger partial charge in [-0.25, -0.2) is 13.5 Å². The fourth-order valence-electron chi connectivity index (χ4n) is 3.34. The zero-order valence-corrected chi connectivity index (χ0v) is 14.1. The summed E-state index contributed by atoms with van der Waals surface area (Å²) in [5, 5.41) is 13.4. The van der Waals surface area contributed by atoms with Gasteiger partial charge in [-0.2, -0.15) is 5.10 Å². The third-order valence-electron chi connectivity index (χ3n) is 4.59. The average molecular weight is 349 g/mol. The fourth-order valence-corrected chi connectivity index (χ4v) is 3.34. The molecule has 1 fully saturated rings. The van der Waals surface area contributed by atoms with Crippen molar-refractivity contribution in [3.63, 3.8) is 0 Å². The highest BCUT2D eigenvalue weighted by Gasteiger charge is 2.29. The van der Waals surface area contributed by atoms with Crippen molar-refractivity contribution < 1.29 is 18.7 Å². The molecule has 25 heavy (non-hydrogen) atoms. The van der Waals surface area contributed by atoms with Crippen LogP contribution in [0.3, 0.4) is 0 Å². The molecule has 0 radical (unpaired) electrons. The lowest BCUT2D eigenvalue weighted by Gasteiger charge is -2.35. The van der Waals surface area contributed by atoms with E-state index < -0.39 is 11.6 Å². The number of carbonyl (C=O) groups is 1. The molecule has 1 aliphatic heterocycles. The summed E-state index contributed by atoms with van der Waals surface area (Å²) in [6.07, 6.45) is 3.35. The number of benzene rings is 1. The standard InChI is InChI=1S/C18H21F2N3O2/c1-12-10-16(18(25)22-8-3-2-4-14(22)7-9-24)21-23(12)17-6-5-13(19)11-15(17)20/h5-6,10-11,14,24H,2-4,7-9H2,1H3.